The van der Waals surface area contributed by atoms with Gasteiger partial charge in [-0.2, -0.15) is 0 Å². The van der Waals surface area contributed by atoms with E-state index in [1.807, 2.05) is 0 Å². The van der Waals surface area contributed by atoms with Gasteiger partial charge in [-0.3, -0.25) is 4.90 Å². The number of nitrogens with zero attached hydrogens (tertiary/aromatic N) is 1. The van der Waals surface area contributed by atoms with Crippen LogP contribution >= 0.6 is 0 Å². The Kier molecular flexibility index (Phi) is 6.80. The molecule has 2 aromatic rings. The monoisotopic (exact) mass is 398 g/mol. The molecule has 0 radical (unpaired) electrons. The topological polar surface area (TPSA) is 44.7 Å². The highest BCUT2D eigenvalue weighted by Gasteiger charge is 2.35. The van der Waals surface area contributed by atoms with E-state index in [1.54, 1.807) is 12.1 Å². The Labute approximate surface area is 172 Å². The Morgan fingerprint density at radius 1 is 1.00 bits per heavy atom. The van der Waals surface area contributed by atoms with E-state index in [1.165, 1.54) is 17.7 Å². The lowest BCUT2D eigenvalue weighted by atomic mass is 9.88. The SMILES string of the molecule is O[C@@H]1[C@@H](NC2CCN(Cc3ccccc3)CC2)CCC[C@H]1Oc1cccc(F)c1. The first-order chi connectivity index (χ1) is 14.2. The highest BCUT2D eigenvalue weighted by atomic mass is 19.1. The van der Waals surface area contributed by atoms with Gasteiger partial charge in [0.25, 0.3) is 0 Å². The van der Waals surface area contributed by atoms with Gasteiger partial charge >= 0.3 is 0 Å². The van der Waals surface area contributed by atoms with Crippen molar-refractivity contribution in [2.45, 2.75) is 62.9 Å². The highest BCUT2D eigenvalue weighted by Crippen LogP contribution is 2.26. The largest absolute Gasteiger partial charge is 0.488 e. The number of benzene rings is 2. The second-order valence-electron chi connectivity index (χ2n) is 8.34. The van der Waals surface area contributed by atoms with Gasteiger partial charge in [-0.15, -0.1) is 0 Å². The van der Waals surface area contributed by atoms with Gasteiger partial charge in [0.05, 0.1) is 0 Å². The van der Waals surface area contributed by atoms with Crippen molar-refractivity contribution in [3.8, 4) is 5.75 Å². The lowest BCUT2D eigenvalue weighted by Crippen LogP contribution is -2.55. The summed E-state index contributed by atoms with van der Waals surface area (Å²) >= 11 is 0. The number of aliphatic hydroxyl groups is 1. The van der Waals surface area contributed by atoms with Crippen molar-refractivity contribution >= 4 is 0 Å². The fourth-order valence-electron chi connectivity index (χ4n) is 4.57. The first-order valence-electron chi connectivity index (χ1n) is 10.8. The summed E-state index contributed by atoms with van der Waals surface area (Å²) in [4.78, 5) is 2.50. The van der Waals surface area contributed by atoms with Crippen LogP contribution in [0.25, 0.3) is 0 Å². The van der Waals surface area contributed by atoms with E-state index in [9.17, 15) is 9.50 Å². The van der Waals surface area contributed by atoms with Crippen molar-refractivity contribution in [3.63, 3.8) is 0 Å². The predicted molar refractivity (Wildman–Crippen MR) is 112 cm³/mol. The molecule has 4 rings (SSSR count). The Hall–Kier alpha value is -1.95. The number of likely N-dealkylation sites (tertiary alicyclic amines) is 1. The summed E-state index contributed by atoms with van der Waals surface area (Å²) in [5, 5.41) is 14.5. The predicted octanol–water partition coefficient (Wildman–Crippen LogP) is 3.74. The molecule has 156 valence electrons. The molecule has 2 fully saturated rings. The average Bonchev–Trinajstić information content (AvgIpc) is 2.73. The minimum absolute atomic E-state index is 0.0352. The van der Waals surface area contributed by atoms with Gasteiger partial charge in [0.1, 0.15) is 23.8 Å². The van der Waals surface area contributed by atoms with E-state index in [0.29, 0.717) is 11.8 Å². The van der Waals surface area contributed by atoms with Crippen molar-refractivity contribution < 1.29 is 14.2 Å². The molecule has 1 aliphatic carbocycles. The van der Waals surface area contributed by atoms with E-state index < -0.39 is 6.10 Å². The minimum Gasteiger partial charge on any atom is -0.488 e. The molecular weight excluding hydrogens is 367 g/mol. The normalized spacial score (nSPS) is 26.3. The smallest absolute Gasteiger partial charge is 0.126 e. The Bertz CT molecular complexity index is 764. The van der Waals surface area contributed by atoms with Crippen LogP contribution in [0.4, 0.5) is 4.39 Å². The van der Waals surface area contributed by atoms with Crippen LogP contribution in [-0.4, -0.2) is 47.4 Å². The second kappa shape index (κ2) is 9.70. The molecule has 4 nitrogen and oxygen atoms in total. The van der Waals surface area contributed by atoms with E-state index >= 15 is 0 Å². The number of aliphatic hydroxyl groups excluding tert-OH is 1. The fraction of sp³-hybridized carbons (Fsp3) is 0.500. The van der Waals surface area contributed by atoms with Gasteiger partial charge in [0.15, 0.2) is 0 Å². The van der Waals surface area contributed by atoms with Gasteiger partial charge in [-0.05, 0) is 62.9 Å². The van der Waals surface area contributed by atoms with E-state index in [2.05, 4.69) is 40.5 Å². The first-order valence-corrected chi connectivity index (χ1v) is 10.8. The molecule has 0 unspecified atom stereocenters. The van der Waals surface area contributed by atoms with Gasteiger partial charge < -0.3 is 15.2 Å². The third-order valence-electron chi connectivity index (χ3n) is 6.17. The van der Waals surface area contributed by atoms with Crippen LogP contribution in [0.1, 0.15) is 37.7 Å². The summed E-state index contributed by atoms with van der Waals surface area (Å²) in [7, 11) is 0. The summed E-state index contributed by atoms with van der Waals surface area (Å²) in [6, 6.07) is 17.2. The van der Waals surface area contributed by atoms with Gasteiger partial charge in [-0.1, -0.05) is 36.4 Å². The van der Waals surface area contributed by atoms with Crippen molar-refractivity contribution in [1.29, 1.82) is 0 Å². The average molecular weight is 399 g/mol. The van der Waals surface area contributed by atoms with Crippen LogP contribution in [0, 0.1) is 5.82 Å². The number of hydrogen-bond donors (Lipinski definition) is 2. The molecule has 29 heavy (non-hydrogen) atoms. The van der Waals surface area contributed by atoms with Crippen molar-refractivity contribution in [3.05, 3.63) is 66.0 Å². The molecule has 2 N–H and O–H groups in total. The fourth-order valence-corrected chi connectivity index (χ4v) is 4.57. The molecule has 1 aliphatic heterocycles. The first kappa shape index (κ1) is 20.3. The summed E-state index contributed by atoms with van der Waals surface area (Å²) in [6.45, 7) is 3.14. The zero-order valence-corrected chi connectivity index (χ0v) is 16.8. The number of rotatable bonds is 6. The molecule has 1 saturated carbocycles. The van der Waals surface area contributed by atoms with E-state index in [0.717, 1.165) is 51.7 Å². The lowest BCUT2D eigenvalue weighted by Gasteiger charge is -2.39. The van der Waals surface area contributed by atoms with Crippen LogP contribution in [0.5, 0.6) is 5.75 Å². The summed E-state index contributed by atoms with van der Waals surface area (Å²) in [5.74, 6) is 0.175. The number of ether oxygens (including phenoxy) is 1. The van der Waals surface area contributed by atoms with E-state index in [-0.39, 0.29) is 18.0 Å². The second-order valence-corrected chi connectivity index (χ2v) is 8.34. The van der Waals surface area contributed by atoms with Crippen molar-refractivity contribution in [2.75, 3.05) is 13.1 Å². The van der Waals surface area contributed by atoms with Crippen LogP contribution in [-0.2, 0) is 6.54 Å². The summed E-state index contributed by atoms with van der Waals surface area (Å²) in [6.07, 6.45) is 4.06. The molecule has 3 atom stereocenters. The Morgan fingerprint density at radius 3 is 2.55 bits per heavy atom. The molecule has 2 aliphatic rings. The van der Waals surface area contributed by atoms with Crippen molar-refractivity contribution in [2.24, 2.45) is 0 Å². The number of piperidine rings is 1. The van der Waals surface area contributed by atoms with Gasteiger partial charge in [0, 0.05) is 24.7 Å². The summed E-state index contributed by atoms with van der Waals surface area (Å²) in [5.41, 5.74) is 1.36. The van der Waals surface area contributed by atoms with Crippen LogP contribution < -0.4 is 10.1 Å². The molecule has 2 aromatic carbocycles. The zero-order valence-electron chi connectivity index (χ0n) is 16.8. The molecule has 0 aromatic heterocycles. The summed E-state index contributed by atoms with van der Waals surface area (Å²) < 4.78 is 19.3. The number of nitrogens with one attached hydrogen (secondary N) is 1. The number of halogens is 1. The third kappa shape index (κ3) is 5.56. The molecule has 0 amide bonds. The quantitative estimate of drug-likeness (QED) is 0.778. The van der Waals surface area contributed by atoms with Crippen LogP contribution in [0.3, 0.4) is 0 Å². The third-order valence-corrected chi connectivity index (χ3v) is 6.17. The molecule has 0 bridgehead atoms. The zero-order chi connectivity index (χ0) is 20.1. The molecule has 1 saturated heterocycles. The molecule has 0 spiro atoms. The molecule has 1 heterocycles. The maximum Gasteiger partial charge on any atom is 0.126 e. The lowest BCUT2D eigenvalue weighted by molar-refractivity contribution is -0.0202. The minimum atomic E-state index is -0.575. The standard InChI is InChI=1S/C24H31FN2O2/c25-19-8-4-9-21(16-19)29-23-11-5-10-22(24(23)28)26-20-12-14-27(15-13-20)17-18-6-2-1-3-7-18/h1-4,6-9,16,20,22-24,26,28H,5,10-15,17H2/t22-,23+,24+/m0/s1. The van der Waals surface area contributed by atoms with E-state index in [4.69, 9.17) is 4.74 Å². The maximum atomic E-state index is 13.4. The highest BCUT2D eigenvalue weighted by molar-refractivity contribution is 5.23. The van der Waals surface area contributed by atoms with Gasteiger partial charge in [-0.25, -0.2) is 4.39 Å². The van der Waals surface area contributed by atoms with Gasteiger partial charge in [0.2, 0.25) is 0 Å². The maximum absolute atomic E-state index is 13.4. The number of hydrogen-bond acceptors (Lipinski definition) is 4. The van der Waals surface area contributed by atoms with Crippen LogP contribution in [0.2, 0.25) is 0 Å². The van der Waals surface area contributed by atoms with Crippen molar-refractivity contribution in [1.82, 2.24) is 10.2 Å². The Balaban J connectivity index is 1.26. The Morgan fingerprint density at radius 2 is 1.79 bits per heavy atom. The molecule has 5 heteroatoms. The van der Waals surface area contributed by atoms with Crippen LogP contribution in [0.15, 0.2) is 54.6 Å². The molecular formula is C24H31FN2O2.